The molecule has 2 fully saturated rings. The summed E-state index contributed by atoms with van der Waals surface area (Å²) in [6, 6.07) is 0. The summed E-state index contributed by atoms with van der Waals surface area (Å²) in [4.78, 5) is 11.9. The Morgan fingerprint density at radius 1 is 1.15 bits per heavy atom. The maximum absolute atomic E-state index is 11.9. The van der Waals surface area contributed by atoms with Crippen molar-refractivity contribution in [1.29, 1.82) is 0 Å². The number of carboxylic acids is 1. The van der Waals surface area contributed by atoms with Gasteiger partial charge in [0.1, 0.15) is 0 Å². The Morgan fingerprint density at radius 2 is 1.85 bits per heavy atom. The van der Waals surface area contributed by atoms with E-state index in [4.69, 9.17) is 0 Å². The Kier molecular flexibility index (Phi) is 5.06. The van der Waals surface area contributed by atoms with Gasteiger partial charge in [-0.1, -0.05) is 31.4 Å². The molecule has 112 valence electrons. The second-order valence-corrected chi connectivity index (χ2v) is 6.91. The zero-order valence-electron chi connectivity index (χ0n) is 12.5. The molecule has 0 aliphatic heterocycles. The number of carbonyl (C=O) groups is 1. The Balaban J connectivity index is 2.06. The van der Waals surface area contributed by atoms with Crippen LogP contribution in [0.25, 0.3) is 0 Å². The third kappa shape index (κ3) is 3.34. The van der Waals surface area contributed by atoms with E-state index < -0.39 is 11.4 Å². The highest BCUT2D eigenvalue weighted by molar-refractivity contribution is 5.74. The third-order valence-electron chi connectivity index (χ3n) is 5.51. The number of aliphatic carboxylic acids is 1. The largest absolute Gasteiger partial charge is 0.481 e. The molecular weight excluding hydrogens is 248 g/mol. The van der Waals surface area contributed by atoms with Gasteiger partial charge in [0.25, 0.3) is 0 Å². The monoisotopic (exact) mass is 276 g/mol. The van der Waals surface area contributed by atoms with Crippen molar-refractivity contribution in [3.05, 3.63) is 25.3 Å². The minimum Gasteiger partial charge on any atom is -0.481 e. The molecule has 0 bridgehead atoms. The number of hydrogen-bond acceptors (Lipinski definition) is 1. The fourth-order valence-electron chi connectivity index (χ4n) is 4.36. The van der Waals surface area contributed by atoms with Gasteiger partial charge in [-0.25, -0.2) is 0 Å². The van der Waals surface area contributed by atoms with Gasteiger partial charge >= 0.3 is 5.97 Å². The molecule has 2 saturated carbocycles. The van der Waals surface area contributed by atoms with Crippen molar-refractivity contribution in [3.8, 4) is 0 Å². The van der Waals surface area contributed by atoms with Crippen LogP contribution in [0.15, 0.2) is 25.3 Å². The molecule has 2 heteroatoms. The van der Waals surface area contributed by atoms with Gasteiger partial charge in [-0.2, -0.15) is 0 Å². The highest BCUT2D eigenvalue weighted by Gasteiger charge is 2.44. The van der Waals surface area contributed by atoms with Crippen molar-refractivity contribution in [2.45, 2.75) is 57.8 Å². The van der Waals surface area contributed by atoms with E-state index in [2.05, 4.69) is 19.2 Å². The van der Waals surface area contributed by atoms with Crippen LogP contribution in [0.4, 0.5) is 0 Å². The molecule has 4 unspecified atom stereocenters. The Hall–Kier alpha value is -1.05. The lowest BCUT2D eigenvalue weighted by molar-refractivity contribution is -0.153. The van der Waals surface area contributed by atoms with Crippen LogP contribution in [0.3, 0.4) is 0 Å². The summed E-state index contributed by atoms with van der Waals surface area (Å²) in [5.41, 5.74) is -0.495. The highest BCUT2D eigenvalue weighted by atomic mass is 16.4. The smallest absolute Gasteiger partial charge is 0.309 e. The van der Waals surface area contributed by atoms with Crippen LogP contribution in [0, 0.1) is 23.2 Å². The highest BCUT2D eigenvalue weighted by Crippen LogP contribution is 2.47. The summed E-state index contributed by atoms with van der Waals surface area (Å²) in [5.74, 6) is 0.966. The Morgan fingerprint density at radius 3 is 2.50 bits per heavy atom. The fourth-order valence-corrected chi connectivity index (χ4v) is 4.36. The molecule has 2 aliphatic carbocycles. The fraction of sp³-hybridized carbons (Fsp3) is 0.722. The second kappa shape index (κ2) is 6.60. The van der Waals surface area contributed by atoms with E-state index in [0.29, 0.717) is 17.8 Å². The van der Waals surface area contributed by atoms with Crippen molar-refractivity contribution < 1.29 is 9.90 Å². The summed E-state index contributed by atoms with van der Waals surface area (Å²) < 4.78 is 0. The predicted molar refractivity (Wildman–Crippen MR) is 82.5 cm³/mol. The first-order valence-corrected chi connectivity index (χ1v) is 8.08. The van der Waals surface area contributed by atoms with Crippen LogP contribution < -0.4 is 0 Å². The zero-order valence-corrected chi connectivity index (χ0v) is 12.5. The lowest BCUT2D eigenvalue weighted by Crippen LogP contribution is -2.38. The number of allylic oxidation sites excluding steroid dienone is 2. The van der Waals surface area contributed by atoms with Gasteiger partial charge < -0.3 is 5.11 Å². The Bertz CT molecular complexity index is 374. The molecule has 4 atom stereocenters. The molecule has 0 aromatic carbocycles. The van der Waals surface area contributed by atoms with E-state index in [-0.39, 0.29) is 0 Å². The molecule has 0 aromatic rings. The van der Waals surface area contributed by atoms with Crippen molar-refractivity contribution >= 4 is 5.97 Å². The predicted octanol–water partition coefficient (Wildman–Crippen LogP) is 4.82. The topological polar surface area (TPSA) is 37.3 Å². The molecule has 20 heavy (non-hydrogen) atoms. The first kappa shape index (κ1) is 15.3. The second-order valence-electron chi connectivity index (χ2n) is 6.91. The SMILES string of the molecule is C=CC1CCCC(CC2(C(=O)O)CCCC(C=C)C2)C1. The van der Waals surface area contributed by atoms with Crippen LogP contribution >= 0.6 is 0 Å². The molecule has 0 radical (unpaired) electrons. The molecule has 2 aliphatic rings. The maximum Gasteiger partial charge on any atom is 0.309 e. The summed E-state index contributed by atoms with van der Waals surface area (Å²) >= 11 is 0. The van der Waals surface area contributed by atoms with E-state index >= 15 is 0 Å². The molecule has 2 nitrogen and oxygen atoms in total. The van der Waals surface area contributed by atoms with Gasteiger partial charge in [-0.3, -0.25) is 4.79 Å². The zero-order chi connectivity index (χ0) is 14.6. The van der Waals surface area contributed by atoms with Crippen molar-refractivity contribution in [1.82, 2.24) is 0 Å². The van der Waals surface area contributed by atoms with Crippen LogP contribution in [-0.4, -0.2) is 11.1 Å². The molecule has 0 aromatic heterocycles. The molecule has 2 rings (SSSR count). The van der Waals surface area contributed by atoms with Gasteiger partial charge in [0, 0.05) is 0 Å². The number of rotatable bonds is 5. The van der Waals surface area contributed by atoms with Gasteiger partial charge in [0.2, 0.25) is 0 Å². The maximum atomic E-state index is 11.9. The van der Waals surface area contributed by atoms with E-state index in [1.807, 2.05) is 6.08 Å². The van der Waals surface area contributed by atoms with Crippen molar-refractivity contribution in [3.63, 3.8) is 0 Å². The molecule has 0 heterocycles. The van der Waals surface area contributed by atoms with E-state index in [1.165, 1.54) is 19.3 Å². The Labute approximate surface area is 123 Å². The van der Waals surface area contributed by atoms with Crippen LogP contribution in [-0.2, 0) is 4.79 Å². The van der Waals surface area contributed by atoms with Crippen LogP contribution in [0.2, 0.25) is 0 Å². The molecule has 0 saturated heterocycles. The quantitative estimate of drug-likeness (QED) is 0.731. The van der Waals surface area contributed by atoms with Crippen LogP contribution in [0.1, 0.15) is 57.8 Å². The first-order valence-electron chi connectivity index (χ1n) is 8.08. The van der Waals surface area contributed by atoms with Crippen molar-refractivity contribution in [2.75, 3.05) is 0 Å². The standard InChI is InChI=1S/C18H28O2/c1-3-14-7-5-8-16(11-14)13-18(17(19)20)10-6-9-15(4-2)12-18/h3-4,14-16H,1-2,5-13H2,(H,19,20). The van der Waals surface area contributed by atoms with Crippen molar-refractivity contribution in [2.24, 2.45) is 23.2 Å². The summed E-state index contributed by atoms with van der Waals surface area (Å²) in [6.07, 6.45) is 13.4. The lowest BCUT2D eigenvalue weighted by Gasteiger charge is -2.40. The van der Waals surface area contributed by atoms with Gasteiger partial charge in [-0.15, -0.1) is 13.2 Å². The summed E-state index contributed by atoms with van der Waals surface area (Å²) in [7, 11) is 0. The van der Waals surface area contributed by atoms with Crippen LogP contribution in [0.5, 0.6) is 0 Å². The van der Waals surface area contributed by atoms with Gasteiger partial charge in [0.15, 0.2) is 0 Å². The summed E-state index contributed by atoms with van der Waals surface area (Å²) in [5, 5.41) is 9.80. The minimum atomic E-state index is -0.579. The van der Waals surface area contributed by atoms with Gasteiger partial charge in [-0.05, 0) is 56.3 Å². The average Bonchev–Trinajstić information content (AvgIpc) is 2.47. The first-order chi connectivity index (χ1) is 9.59. The minimum absolute atomic E-state index is 0.388. The normalized spacial score (nSPS) is 38.1. The molecule has 0 spiro atoms. The molecule has 0 amide bonds. The van der Waals surface area contributed by atoms with E-state index in [0.717, 1.165) is 38.5 Å². The van der Waals surface area contributed by atoms with Gasteiger partial charge in [0.05, 0.1) is 5.41 Å². The third-order valence-corrected chi connectivity index (χ3v) is 5.51. The molecular formula is C18H28O2. The van der Waals surface area contributed by atoms with E-state index in [9.17, 15) is 9.90 Å². The number of carboxylic acid groups (broad SMARTS) is 1. The number of hydrogen-bond donors (Lipinski definition) is 1. The van der Waals surface area contributed by atoms with E-state index in [1.54, 1.807) is 0 Å². The average molecular weight is 276 g/mol. The lowest BCUT2D eigenvalue weighted by atomic mass is 9.63. The summed E-state index contributed by atoms with van der Waals surface area (Å²) in [6.45, 7) is 7.79. The molecule has 1 N–H and O–H groups in total.